The molecule has 0 atom stereocenters. The van der Waals surface area contributed by atoms with Gasteiger partial charge in [-0.15, -0.1) is 0 Å². The number of amides is 2. The van der Waals surface area contributed by atoms with Crippen LogP contribution in [0.5, 0.6) is 0 Å². The number of benzene rings is 1. The lowest BCUT2D eigenvalue weighted by Gasteiger charge is -2.40. The lowest BCUT2D eigenvalue weighted by atomic mass is 9.98. The number of pyridine rings is 1. The Labute approximate surface area is 183 Å². The molecule has 3 aromatic rings. The van der Waals surface area contributed by atoms with Crippen molar-refractivity contribution in [2.75, 3.05) is 13.1 Å². The summed E-state index contributed by atoms with van der Waals surface area (Å²) in [7, 11) is 0. The molecule has 6 heteroatoms. The Bertz CT molecular complexity index is 1160. The maximum atomic E-state index is 13.3. The van der Waals surface area contributed by atoms with Crippen LogP contribution in [0.15, 0.2) is 42.6 Å². The first-order valence-electron chi connectivity index (χ1n) is 10.9. The number of carbonyl (C=O) groups is 2. The summed E-state index contributed by atoms with van der Waals surface area (Å²) in [6, 6.07) is 12.1. The van der Waals surface area contributed by atoms with Gasteiger partial charge in [0, 0.05) is 36.8 Å². The molecule has 1 N–H and O–H groups in total. The van der Waals surface area contributed by atoms with E-state index in [0.29, 0.717) is 24.7 Å². The van der Waals surface area contributed by atoms with E-state index >= 15 is 0 Å². The molecular weight excluding hydrogens is 388 g/mol. The van der Waals surface area contributed by atoms with Crippen molar-refractivity contribution in [3.05, 3.63) is 53.9 Å². The summed E-state index contributed by atoms with van der Waals surface area (Å²) in [5, 5.41) is 3.87. The molecule has 0 saturated carbocycles. The van der Waals surface area contributed by atoms with Gasteiger partial charge in [0.05, 0.1) is 0 Å². The van der Waals surface area contributed by atoms with Gasteiger partial charge < -0.3 is 14.8 Å². The fourth-order valence-electron chi connectivity index (χ4n) is 4.30. The van der Waals surface area contributed by atoms with Crippen LogP contribution in [0.1, 0.15) is 43.7 Å². The number of hydrogen-bond donors (Lipinski definition) is 1. The Morgan fingerprint density at radius 1 is 1.16 bits per heavy atom. The Morgan fingerprint density at radius 3 is 2.61 bits per heavy atom. The predicted octanol–water partition coefficient (Wildman–Crippen LogP) is 4.02. The van der Waals surface area contributed by atoms with Crippen molar-refractivity contribution in [2.45, 2.75) is 46.7 Å². The summed E-state index contributed by atoms with van der Waals surface area (Å²) in [5.74, 6) is 0.0842. The van der Waals surface area contributed by atoms with Crippen molar-refractivity contribution in [3.8, 4) is 11.1 Å². The summed E-state index contributed by atoms with van der Waals surface area (Å²) in [6.07, 6.45) is 2.15. The third kappa shape index (κ3) is 3.71. The highest BCUT2D eigenvalue weighted by molar-refractivity contribution is 6.01. The molecule has 0 bridgehead atoms. The van der Waals surface area contributed by atoms with Gasteiger partial charge in [0.15, 0.2) is 0 Å². The minimum absolute atomic E-state index is 0.141. The van der Waals surface area contributed by atoms with Gasteiger partial charge in [-0.25, -0.2) is 4.98 Å². The third-order valence-corrected chi connectivity index (χ3v) is 6.04. The molecule has 1 aromatic carbocycles. The normalized spacial score (nSPS) is 16.1. The van der Waals surface area contributed by atoms with E-state index in [9.17, 15) is 9.59 Å². The minimum Gasteiger partial charge on any atom is -0.352 e. The summed E-state index contributed by atoms with van der Waals surface area (Å²) < 4.78 is 2.15. The lowest BCUT2D eigenvalue weighted by molar-refractivity contribution is -0.133. The summed E-state index contributed by atoms with van der Waals surface area (Å²) >= 11 is 0. The monoisotopic (exact) mass is 418 g/mol. The maximum absolute atomic E-state index is 13.3. The number of nitrogens with zero attached hydrogens (tertiary/aromatic N) is 3. The fraction of sp³-hybridized carbons (Fsp3) is 0.400. The standard InChI is InChI=1S/C25H30N4O2/c1-16(2)14-28-15-20(18-9-7-6-8-17(18)3)19-10-11-21(27-22(19)28)23(30)29-13-12-26-24(31)25(29,4)5/h6-11,15-16H,12-14H2,1-5H3,(H,26,31). The van der Waals surface area contributed by atoms with Crippen molar-refractivity contribution in [2.24, 2.45) is 5.92 Å². The van der Waals surface area contributed by atoms with Gasteiger partial charge in [0.1, 0.15) is 16.9 Å². The average molecular weight is 419 g/mol. The Hall–Kier alpha value is -3.15. The quantitative estimate of drug-likeness (QED) is 0.696. The van der Waals surface area contributed by atoms with E-state index in [2.05, 4.69) is 49.0 Å². The van der Waals surface area contributed by atoms with Gasteiger partial charge in [-0.2, -0.15) is 0 Å². The van der Waals surface area contributed by atoms with Gasteiger partial charge in [0.2, 0.25) is 5.91 Å². The van der Waals surface area contributed by atoms with Crippen molar-refractivity contribution in [3.63, 3.8) is 0 Å². The van der Waals surface area contributed by atoms with Crippen LogP contribution in [0.25, 0.3) is 22.2 Å². The van der Waals surface area contributed by atoms with Crippen molar-refractivity contribution < 1.29 is 9.59 Å². The molecule has 3 heterocycles. The highest BCUT2D eigenvalue weighted by Gasteiger charge is 2.41. The Kier molecular flexibility index (Phi) is 5.33. The van der Waals surface area contributed by atoms with Gasteiger partial charge in [0.25, 0.3) is 5.91 Å². The number of aryl methyl sites for hydroxylation is 1. The first-order valence-corrected chi connectivity index (χ1v) is 10.9. The van der Waals surface area contributed by atoms with Crippen LogP contribution in [0, 0.1) is 12.8 Å². The van der Waals surface area contributed by atoms with Crippen LogP contribution in [-0.4, -0.2) is 44.9 Å². The molecule has 1 saturated heterocycles. The molecule has 0 spiro atoms. The number of piperazine rings is 1. The maximum Gasteiger partial charge on any atom is 0.273 e. The highest BCUT2D eigenvalue weighted by atomic mass is 16.2. The minimum atomic E-state index is -0.905. The Morgan fingerprint density at radius 2 is 1.90 bits per heavy atom. The fourth-order valence-corrected chi connectivity index (χ4v) is 4.30. The molecule has 0 aliphatic carbocycles. The molecule has 1 aliphatic heterocycles. The third-order valence-electron chi connectivity index (χ3n) is 6.04. The zero-order chi connectivity index (χ0) is 22.3. The van der Waals surface area contributed by atoms with E-state index in [1.165, 1.54) is 11.1 Å². The molecule has 0 unspecified atom stereocenters. The molecular formula is C25H30N4O2. The molecule has 2 aromatic heterocycles. The van der Waals surface area contributed by atoms with Gasteiger partial charge >= 0.3 is 0 Å². The van der Waals surface area contributed by atoms with Crippen LogP contribution in [0.3, 0.4) is 0 Å². The van der Waals surface area contributed by atoms with E-state index in [-0.39, 0.29) is 11.8 Å². The first kappa shape index (κ1) is 21.1. The molecule has 4 rings (SSSR count). The number of aromatic nitrogens is 2. The lowest BCUT2D eigenvalue weighted by Crippen LogP contribution is -2.63. The summed E-state index contributed by atoms with van der Waals surface area (Å²) in [4.78, 5) is 32.1. The van der Waals surface area contributed by atoms with Gasteiger partial charge in [-0.05, 0) is 49.9 Å². The smallest absolute Gasteiger partial charge is 0.273 e. The van der Waals surface area contributed by atoms with Crippen LogP contribution >= 0.6 is 0 Å². The van der Waals surface area contributed by atoms with E-state index in [1.54, 1.807) is 24.8 Å². The van der Waals surface area contributed by atoms with Crippen molar-refractivity contribution in [1.29, 1.82) is 0 Å². The SMILES string of the molecule is Cc1ccccc1-c1cn(CC(C)C)c2nc(C(=O)N3CCNC(=O)C3(C)C)ccc12. The van der Waals surface area contributed by atoms with Crippen LogP contribution in [0.2, 0.25) is 0 Å². The van der Waals surface area contributed by atoms with Crippen molar-refractivity contribution in [1.82, 2.24) is 19.8 Å². The Balaban J connectivity index is 1.82. The van der Waals surface area contributed by atoms with Crippen LogP contribution < -0.4 is 5.32 Å². The zero-order valence-electron chi connectivity index (χ0n) is 18.9. The molecule has 0 radical (unpaired) electrons. The average Bonchev–Trinajstić information content (AvgIpc) is 3.07. The molecule has 1 aliphatic rings. The number of hydrogen-bond acceptors (Lipinski definition) is 3. The second-order valence-electron chi connectivity index (χ2n) is 9.24. The summed E-state index contributed by atoms with van der Waals surface area (Å²) in [6.45, 7) is 11.7. The molecule has 162 valence electrons. The van der Waals surface area contributed by atoms with Crippen molar-refractivity contribution >= 4 is 22.8 Å². The number of rotatable bonds is 4. The molecule has 1 fully saturated rings. The number of carbonyl (C=O) groups excluding carboxylic acids is 2. The molecule has 31 heavy (non-hydrogen) atoms. The summed E-state index contributed by atoms with van der Waals surface area (Å²) in [5.41, 5.74) is 3.76. The largest absolute Gasteiger partial charge is 0.352 e. The first-order chi connectivity index (χ1) is 14.7. The number of fused-ring (bicyclic) bond motifs is 1. The predicted molar refractivity (Wildman–Crippen MR) is 123 cm³/mol. The second kappa shape index (κ2) is 7.84. The van der Waals surface area contributed by atoms with Crippen LogP contribution in [-0.2, 0) is 11.3 Å². The van der Waals surface area contributed by atoms with Gasteiger partial charge in [-0.1, -0.05) is 38.1 Å². The molecule has 6 nitrogen and oxygen atoms in total. The van der Waals surface area contributed by atoms with E-state index < -0.39 is 5.54 Å². The second-order valence-corrected chi connectivity index (χ2v) is 9.24. The van der Waals surface area contributed by atoms with Crippen LogP contribution in [0.4, 0.5) is 0 Å². The number of nitrogens with one attached hydrogen (secondary N) is 1. The topological polar surface area (TPSA) is 67.2 Å². The molecule has 2 amide bonds. The van der Waals surface area contributed by atoms with E-state index in [0.717, 1.165) is 23.1 Å². The highest BCUT2D eigenvalue weighted by Crippen LogP contribution is 2.33. The van der Waals surface area contributed by atoms with Gasteiger partial charge in [-0.3, -0.25) is 9.59 Å². The van der Waals surface area contributed by atoms with E-state index in [1.807, 2.05) is 18.2 Å². The van der Waals surface area contributed by atoms with E-state index in [4.69, 9.17) is 4.98 Å². The zero-order valence-corrected chi connectivity index (χ0v) is 18.9.